The third kappa shape index (κ3) is 1.56. The van der Waals surface area contributed by atoms with Gasteiger partial charge < -0.3 is 0 Å². The Morgan fingerprint density at radius 2 is 1.75 bits per heavy atom. The van der Waals surface area contributed by atoms with E-state index in [1.54, 1.807) is 0 Å². The molecule has 0 spiro atoms. The molecule has 0 radical (unpaired) electrons. The van der Waals surface area contributed by atoms with Crippen LogP contribution >= 0.6 is 8.46 Å². The van der Waals surface area contributed by atoms with Crippen molar-refractivity contribution < 1.29 is 4.57 Å². The van der Waals surface area contributed by atoms with Crippen LogP contribution in [-0.4, -0.2) is 5.66 Å². The summed E-state index contributed by atoms with van der Waals surface area (Å²) >= 11 is 0. The molecule has 0 aliphatic heterocycles. The molecule has 0 N–H and O–H groups in total. The minimum atomic E-state index is -0.0430. The molecule has 0 heterocycles. The minimum Gasteiger partial charge on any atom is -0.0772 e. The van der Waals surface area contributed by atoms with E-state index in [1.165, 1.54) is 32.1 Å². The van der Waals surface area contributed by atoms with Crippen LogP contribution in [0.2, 0.25) is 0 Å². The van der Waals surface area contributed by atoms with Gasteiger partial charge in [-0.15, -0.1) is 0 Å². The van der Waals surface area contributed by atoms with E-state index in [0.29, 0.717) is 5.66 Å². The van der Waals surface area contributed by atoms with Crippen LogP contribution in [0.15, 0.2) is 0 Å². The monoisotopic (exact) mass is 131 g/mol. The van der Waals surface area contributed by atoms with Crippen LogP contribution in [0.5, 0.6) is 0 Å². The lowest BCUT2D eigenvalue weighted by molar-refractivity contribution is 0.498. The Morgan fingerprint density at radius 1 is 1.12 bits per heavy atom. The zero-order chi connectivity index (χ0) is 5.82. The quantitative estimate of drug-likeness (QED) is 0.499. The maximum Gasteiger partial charge on any atom is 0.327 e. The highest BCUT2D eigenvalue weighted by Gasteiger charge is 2.18. The summed E-state index contributed by atoms with van der Waals surface area (Å²) < 4.78 is 10.3. The van der Waals surface area contributed by atoms with E-state index < -0.39 is 0 Å². The summed E-state index contributed by atoms with van der Waals surface area (Å²) in [7, 11) is -0.0430. The van der Waals surface area contributed by atoms with Crippen LogP contribution in [0.4, 0.5) is 0 Å². The van der Waals surface area contributed by atoms with Gasteiger partial charge in [-0.05, 0) is 25.7 Å². The van der Waals surface area contributed by atoms with Gasteiger partial charge in [-0.2, -0.15) is 0 Å². The summed E-state index contributed by atoms with van der Waals surface area (Å²) in [5.74, 6) is 0. The molecule has 0 aromatic carbocycles. The fraction of sp³-hybridized carbons (Fsp3) is 1.00. The molecule has 46 valence electrons. The number of hydrogen-bond acceptors (Lipinski definition) is 1. The second-order valence-corrected chi connectivity index (χ2v) is 3.50. The molecule has 0 saturated heterocycles. The van der Waals surface area contributed by atoms with Gasteiger partial charge in [0.05, 0.1) is 0 Å². The van der Waals surface area contributed by atoms with E-state index in [9.17, 15) is 4.57 Å². The maximum absolute atomic E-state index is 10.3. The Labute approximate surface area is 51.7 Å². The first kappa shape index (κ1) is 6.22. The summed E-state index contributed by atoms with van der Waals surface area (Å²) in [6, 6.07) is 0. The Morgan fingerprint density at radius 3 is 2.12 bits per heavy atom. The first-order chi connectivity index (χ1) is 3.93. The zero-order valence-electron chi connectivity index (χ0n) is 5.02. The molecule has 0 bridgehead atoms. The molecule has 1 nitrogen and oxygen atoms in total. The molecule has 8 heavy (non-hydrogen) atoms. The van der Waals surface area contributed by atoms with Crippen molar-refractivity contribution in [3.05, 3.63) is 0 Å². The molecule has 1 aliphatic rings. The fourth-order valence-corrected chi connectivity index (χ4v) is 1.86. The standard InChI is InChI=1S/C6H11OP/c7-8-6-4-2-1-3-5-6/h6H,1-5H2/p+1. The fourth-order valence-electron chi connectivity index (χ4n) is 1.22. The van der Waals surface area contributed by atoms with Crippen molar-refractivity contribution in [3.63, 3.8) is 0 Å². The highest BCUT2D eigenvalue weighted by Crippen LogP contribution is 2.26. The second kappa shape index (κ2) is 3.19. The maximum atomic E-state index is 10.3. The van der Waals surface area contributed by atoms with Gasteiger partial charge in [0.1, 0.15) is 0 Å². The van der Waals surface area contributed by atoms with Crippen molar-refractivity contribution in [2.24, 2.45) is 0 Å². The Bertz CT molecular complexity index is 76.6. The summed E-state index contributed by atoms with van der Waals surface area (Å²) in [4.78, 5) is 0. The average molecular weight is 131 g/mol. The normalized spacial score (nSPS) is 24.0. The van der Waals surface area contributed by atoms with Gasteiger partial charge in [-0.25, -0.2) is 0 Å². The largest absolute Gasteiger partial charge is 0.327 e. The van der Waals surface area contributed by atoms with Crippen LogP contribution < -0.4 is 0 Å². The third-order valence-electron chi connectivity index (χ3n) is 1.77. The van der Waals surface area contributed by atoms with Crippen molar-refractivity contribution in [1.82, 2.24) is 0 Å². The van der Waals surface area contributed by atoms with Gasteiger partial charge in [-0.3, -0.25) is 0 Å². The van der Waals surface area contributed by atoms with E-state index in [-0.39, 0.29) is 8.46 Å². The van der Waals surface area contributed by atoms with Crippen molar-refractivity contribution in [2.45, 2.75) is 37.8 Å². The third-order valence-corrected chi connectivity index (χ3v) is 2.68. The van der Waals surface area contributed by atoms with Crippen molar-refractivity contribution in [1.29, 1.82) is 0 Å². The van der Waals surface area contributed by atoms with Gasteiger partial charge in [0.25, 0.3) is 0 Å². The van der Waals surface area contributed by atoms with E-state index in [1.807, 2.05) is 0 Å². The van der Waals surface area contributed by atoms with Gasteiger partial charge in [0.15, 0.2) is 5.66 Å². The lowest BCUT2D eigenvalue weighted by Gasteiger charge is -2.08. The van der Waals surface area contributed by atoms with Crippen molar-refractivity contribution in [3.8, 4) is 0 Å². The predicted molar refractivity (Wildman–Crippen MR) is 35.9 cm³/mol. The van der Waals surface area contributed by atoms with Crippen LogP contribution in [0.3, 0.4) is 0 Å². The molecule has 0 amide bonds. The molecule has 1 aliphatic carbocycles. The summed E-state index contributed by atoms with van der Waals surface area (Å²) in [5, 5.41) is 0. The Kier molecular flexibility index (Phi) is 2.48. The van der Waals surface area contributed by atoms with Gasteiger partial charge in [-0.1, -0.05) is 11.0 Å². The smallest absolute Gasteiger partial charge is 0.0772 e. The number of rotatable bonds is 1. The van der Waals surface area contributed by atoms with E-state index >= 15 is 0 Å². The van der Waals surface area contributed by atoms with Crippen LogP contribution in [-0.2, 0) is 4.57 Å². The zero-order valence-corrected chi connectivity index (χ0v) is 6.02. The Hall–Kier alpha value is 0.100. The molecule has 1 fully saturated rings. The molecular weight excluding hydrogens is 119 g/mol. The van der Waals surface area contributed by atoms with E-state index in [0.717, 1.165) is 0 Å². The molecule has 1 atom stereocenters. The van der Waals surface area contributed by atoms with E-state index in [2.05, 4.69) is 0 Å². The average Bonchev–Trinajstić information content (AvgIpc) is 1.90. The molecule has 1 unspecified atom stereocenters. The molecular formula is C6H12OP+. The SMILES string of the molecule is O=[PH+]C1CCCCC1. The van der Waals surface area contributed by atoms with Crippen LogP contribution in [0, 0.1) is 0 Å². The second-order valence-electron chi connectivity index (χ2n) is 2.45. The topological polar surface area (TPSA) is 17.1 Å². The predicted octanol–water partition coefficient (Wildman–Crippen LogP) is 2.34. The molecule has 0 aromatic rings. The minimum absolute atomic E-state index is 0.0430. The van der Waals surface area contributed by atoms with Crippen LogP contribution in [0.25, 0.3) is 0 Å². The Balaban J connectivity index is 2.22. The van der Waals surface area contributed by atoms with Gasteiger partial charge in [0, 0.05) is 0 Å². The van der Waals surface area contributed by atoms with Crippen LogP contribution in [0.1, 0.15) is 32.1 Å². The highest BCUT2D eigenvalue weighted by atomic mass is 31.1. The molecule has 2 heteroatoms. The summed E-state index contributed by atoms with van der Waals surface area (Å²) in [5.41, 5.74) is 0.559. The van der Waals surface area contributed by atoms with Gasteiger partial charge in [0.2, 0.25) is 0 Å². The lowest BCUT2D eigenvalue weighted by Crippen LogP contribution is -2.03. The van der Waals surface area contributed by atoms with E-state index in [4.69, 9.17) is 0 Å². The summed E-state index contributed by atoms with van der Waals surface area (Å²) in [6.07, 6.45) is 6.39. The van der Waals surface area contributed by atoms with Crippen molar-refractivity contribution >= 4 is 8.46 Å². The first-order valence-electron chi connectivity index (χ1n) is 3.31. The van der Waals surface area contributed by atoms with Crippen molar-refractivity contribution in [2.75, 3.05) is 0 Å². The lowest BCUT2D eigenvalue weighted by atomic mass is 10.0. The molecule has 0 aromatic heterocycles. The van der Waals surface area contributed by atoms with Gasteiger partial charge >= 0.3 is 8.46 Å². The summed E-state index contributed by atoms with van der Waals surface area (Å²) in [6.45, 7) is 0. The first-order valence-corrected chi connectivity index (χ1v) is 4.29. The molecule has 1 saturated carbocycles. The molecule has 1 rings (SSSR count). The highest BCUT2D eigenvalue weighted by molar-refractivity contribution is 7.24. The number of hydrogen-bond donors (Lipinski definition) is 0.